The van der Waals surface area contributed by atoms with Gasteiger partial charge in [0.15, 0.2) is 0 Å². The van der Waals surface area contributed by atoms with Crippen molar-refractivity contribution >= 4 is 46.0 Å². The molecule has 1 aromatic carbocycles. The fraction of sp³-hybridized carbons (Fsp3) is 0.500. The van der Waals surface area contributed by atoms with Crippen LogP contribution >= 0.6 is 23.5 Å². The number of nitro benzene ring substituents is 1. The Morgan fingerprint density at radius 2 is 1.85 bits per heavy atom. The molecule has 24 heteroatoms. The van der Waals surface area contributed by atoms with Crippen molar-refractivity contribution < 1.29 is 70.7 Å². The fourth-order valence-electron chi connectivity index (χ4n) is 5.01. The molecule has 6 atom stereocenters. The van der Waals surface area contributed by atoms with Gasteiger partial charge >= 0.3 is 23.5 Å². The maximum absolute atomic E-state index is 12.1. The number of nitro groups is 1. The minimum atomic E-state index is -5.74. The summed E-state index contributed by atoms with van der Waals surface area (Å²) < 4.78 is 65.3. The molecule has 0 aliphatic carbocycles. The van der Waals surface area contributed by atoms with Crippen LogP contribution in [-0.4, -0.2) is 70.1 Å². The zero-order valence-corrected chi connectivity index (χ0v) is 28.2. The lowest BCUT2D eigenvalue weighted by Gasteiger charge is -2.20. The van der Waals surface area contributed by atoms with Gasteiger partial charge in [-0.3, -0.25) is 14.6 Å². The molecule has 0 amide bonds. The largest absolute Gasteiger partial charge is 0.497 e. The van der Waals surface area contributed by atoms with E-state index in [0.717, 1.165) is 0 Å². The van der Waals surface area contributed by atoms with Crippen molar-refractivity contribution in [1.82, 2.24) is 14.5 Å². The Labute approximate surface area is 272 Å². The highest BCUT2D eigenvalue weighted by atomic mass is 31.3. The first kappa shape index (κ1) is 37.9. The number of fused-ring (bicyclic) bond motifs is 1. The van der Waals surface area contributed by atoms with Gasteiger partial charge in [0, 0.05) is 18.2 Å². The number of nitrogens with two attached hydrogens (primary N) is 1. The third kappa shape index (κ3) is 9.64. The molecule has 1 aliphatic rings. The quantitative estimate of drug-likeness (QED) is 0.0697. The van der Waals surface area contributed by atoms with E-state index in [0.29, 0.717) is 28.7 Å². The maximum Gasteiger partial charge on any atom is 0.490 e. The van der Waals surface area contributed by atoms with Gasteiger partial charge in [0.2, 0.25) is 0 Å². The van der Waals surface area contributed by atoms with Gasteiger partial charge in [0.05, 0.1) is 54.5 Å². The lowest BCUT2D eigenvalue weighted by molar-refractivity contribution is -0.386. The van der Waals surface area contributed by atoms with E-state index in [4.69, 9.17) is 29.7 Å². The van der Waals surface area contributed by atoms with Gasteiger partial charge in [-0.15, -0.1) is 0 Å². The Kier molecular flexibility index (Phi) is 11.8. The predicted molar refractivity (Wildman–Crippen MR) is 163 cm³/mol. The van der Waals surface area contributed by atoms with E-state index in [9.17, 15) is 38.7 Å². The number of ether oxygens (including phenoxy) is 3. The number of phosphoric ester groups is 1. The van der Waals surface area contributed by atoms with E-state index in [1.807, 2.05) is 13.8 Å². The van der Waals surface area contributed by atoms with E-state index >= 15 is 0 Å². The number of anilines is 1. The first-order valence-corrected chi connectivity index (χ1v) is 18.5. The fourth-order valence-corrected chi connectivity index (χ4v) is 8.04. The summed E-state index contributed by atoms with van der Waals surface area (Å²) in [7, 11) is -15.4. The molecule has 7 N–H and O–H groups in total. The predicted octanol–water partition coefficient (Wildman–Crippen LogP) is 3.23. The van der Waals surface area contributed by atoms with E-state index in [-0.39, 0.29) is 36.1 Å². The molecule has 3 heterocycles. The first-order valence-electron chi connectivity index (χ1n) is 13.9. The number of aliphatic hydroxyl groups is 1. The minimum absolute atomic E-state index is 0.0796. The van der Waals surface area contributed by atoms with Crippen molar-refractivity contribution in [1.29, 1.82) is 0 Å². The van der Waals surface area contributed by atoms with Gasteiger partial charge < -0.3 is 49.2 Å². The van der Waals surface area contributed by atoms with E-state index in [1.165, 1.54) is 24.1 Å². The molecule has 0 saturated carbocycles. The van der Waals surface area contributed by atoms with Crippen molar-refractivity contribution in [3.8, 4) is 5.75 Å². The number of aromatic nitrogens is 3. The van der Waals surface area contributed by atoms with Gasteiger partial charge in [-0.05, 0) is 24.5 Å². The minimum Gasteiger partial charge on any atom is -0.497 e. The number of nitrogens with zero attached hydrogens (tertiary/aromatic N) is 4. The Balaban J connectivity index is 1.54. The number of methoxy groups -OCH3 is 1. The van der Waals surface area contributed by atoms with Crippen LogP contribution in [0.3, 0.4) is 0 Å². The van der Waals surface area contributed by atoms with Gasteiger partial charge in [-0.1, -0.05) is 13.8 Å². The zero-order valence-electron chi connectivity index (χ0n) is 25.5. The summed E-state index contributed by atoms with van der Waals surface area (Å²) in [6.45, 7) is 2.90. The highest BCUT2D eigenvalue weighted by Crippen LogP contribution is 2.66. The van der Waals surface area contributed by atoms with Crippen LogP contribution in [0.1, 0.15) is 50.1 Å². The summed E-state index contributed by atoms with van der Waals surface area (Å²) in [6.07, 6.45) is -1.21. The second kappa shape index (κ2) is 14.9. The third-order valence-electron chi connectivity index (χ3n) is 6.96. The molecule has 21 nitrogen and oxygen atoms in total. The molecule has 2 unspecified atom stereocenters. The van der Waals surface area contributed by atoms with Crippen LogP contribution in [0.4, 0.5) is 11.5 Å². The highest BCUT2D eigenvalue weighted by molar-refractivity contribution is 7.66. The van der Waals surface area contributed by atoms with Crippen molar-refractivity contribution in [2.24, 2.45) is 5.92 Å². The van der Waals surface area contributed by atoms with Crippen molar-refractivity contribution in [3.63, 3.8) is 0 Å². The van der Waals surface area contributed by atoms with Crippen LogP contribution in [0.2, 0.25) is 0 Å². The number of rotatable bonds is 16. The number of hydrogen-bond acceptors (Lipinski definition) is 15. The van der Waals surface area contributed by atoms with Crippen molar-refractivity contribution in [2.45, 2.75) is 57.8 Å². The smallest absolute Gasteiger partial charge is 0.490 e. The normalized spacial score (nSPS) is 21.6. The van der Waals surface area contributed by atoms with Crippen molar-refractivity contribution in [2.75, 3.05) is 19.5 Å². The van der Waals surface area contributed by atoms with Crippen LogP contribution in [0, 0.1) is 16.0 Å². The van der Waals surface area contributed by atoms with Crippen molar-refractivity contribution in [3.05, 3.63) is 52.0 Å². The molecule has 0 radical (unpaired) electrons. The molecular weight excluding hydrogens is 707 g/mol. The first-order chi connectivity index (χ1) is 22.3. The maximum atomic E-state index is 12.1. The average molecular weight is 741 g/mol. The van der Waals surface area contributed by atoms with E-state index in [2.05, 4.69) is 23.1 Å². The van der Waals surface area contributed by atoms with Crippen LogP contribution in [0.15, 0.2) is 30.7 Å². The van der Waals surface area contributed by atoms with Gasteiger partial charge in [-0.2, -0.15) is 8.62 Å². The Morgan fingerprint density at radius 3 is 2.48 bits per heavy atom. The Hall–Kier alpha value is -2.87. The molecule has 2 aromatic heterocycles. The number of benzene rings is 1. The summed E-state index contributed by atoms with van der Waals surface area (Å²) in [5.74, 6) is 0.471. The number of hydrogen-bond donors (Lipinski definition) is 6. The van der Waals surface area contributed by atoms with Crippen LogP contribution in [0.25, 0.3) is 11.0 Å². The summed E-state index contributed by atoms with van der Waals surface area (Å²) in [5.41, 5.74) is 7.09. The van der Waals surface area contributed by atoms with E-state index < -0.39 is 59.5 Å². The molecule has 1 saturated heterocycles. The summed E-state index contributed by atoms with van der Waals surface area (Å²) >= 11 is 0. The van der Waals surface area contributed by atoms with Crippen LogP contribution < -0.4 is 10.5 Å². The van der Waals surface area contributed by atoms with Gasteiger partial charge in [0.1, 0.15) is 35.9 Å². The zero-order chi connectivity index (χ0) is 35.6. The molecule has 3 aromatic rings. The molecule has 0 bridgehead atoms. The lowest BCUT2D eigenvalue weighted by atomic mass is 9.97. The molecule has 0 spiro atoms. The third-order valence-corrected chi connectivity index (χ3v) is 10.8. The number of nitrogen functional groups attached to an aromatic ring is 1. The van der Waals surface area contributed by atoms with Crippen LogP contribution in [0.5, 0.6) is 5.75 Å². The monoisotopic (exact) mass is 741 g/mol. The second-order valence-electron chi connectivity index (χ2n) is 10.9. The second-order valence-corrected chi connectivity index (χ2v) is 15.4. The highest BCUT2D eigenvalue weighted by Gasteiger charge is 2.43. The molecule has 1 aliphatic heterocycles. The summed E-state index contributed by atoms with van der Waals surface area (Å²) in [6, 6.07) is 4.48. The average Bonchev–Trinajstić information content (AvgIpc) is 3.52. The lowest BCUT2D eigenvalue weighted by Crippen LogP contribution is -2.26. The Bertz CT molecular complexity index is 1780. The topological polar surface area (TPSA) is 308 Å². The molecular formula is C24H34N5O16P3. The molecule has 4 rings (SSSR count). The van der Waals surface area contributed by atoms with Gasteiger partial charge in [0.25, 0.3) is 5.69 Å². The number of phosphoric acid groups is 3. The SMILES string of the molecule is COc1ccc([C@H](CC(C)C)OCc2cn([C@H]3C[C@@H](O)[C@@H](COP(=O)(O)OP(=O)(O)OP(=O)(O)O)O3)c3ncnc(N)c23)c([N+](=O)[O-])c1. The molecule has 48 heavy (non-hydrogen) atoms. The summed E-state index contributed by atoms with van der Waals surface area (Å²) in [5, 5.41) is 22.9. The van der Waals surface area contributed by atoms with Crippen LogP contribution in [-0.2, 0) is 42.9 Å². The standard InChI is InChI=1S/C24H34N5O16P3/c1-13(2)6-19(16-5-4-15(40-3)7-17(16)29(31)32)41-10-14-9-28(24-22(14)23(25)26-12-27-24)21-8-18(30)20(43-21)11-42-47(36,37)45-48(38,39)44-46(33,34)35/h4-5,7,9,12-13,18-21,30H,6,8,10-11H2,1-3H3,(H,36,37)(H,38,39)(H2,25,26,27)(H2,33,34,35)/t18-,19+,20-,21-/m1/s1. The van der Waals surface area contributed by atoms with Gasteiger partial charge in [-0.25, -0.2) is 23.7 Å². The van der Waals surface area contributed by atoms with E-state index in [1.54, 1.807) is 18.3 Å². The Morgan fingerprint density at radius 1 is 1.15 bits per heavy atom. The summed E-state index contributed by atoms with van der Waals surface area (Å²) in [4.78, 5) is 56.2. The molecule has 1 fully saturated rings. The molecule has 266 valence electrons. The number of aliphatic hydroxyl groups excluding tert-OH is 1.